The molecule has 140 valence electrons. The van der Waals surface area contributed by atoms with Gasteiger partial charge in [-0.05, 0) is 45.7 Å². The van der Waals surface area contributed by atoms with Crippen LogP contribution in [0.25, 0.3) is 0 Å². The molecule has 0 heterocycles. The number of hydrogen-bond acceptors (Lipinski definition) is 3. The molecule has 7 heteroatoms. The van der Waals surface area contributed by atoms with E-state index in [4.69, 9.17) is 4.74 Å². The summed E-state index contributed by atoms with van der Waals surface area (Å²) >= 11 is 0. The summed E-state index contributed by atoms with van der Waals surface area (Å²) in [6, 6.07) is 3.38. The molecule has 0 aromatic heterocycles. The van der Waals surface area contributed by atoms with Gasteiger partial charge in [0.05, 0.1) is 5.41 Å². The summed E-state index contributed by atoms with van der Waals surface area (Å²) in [4.78, 5) is 23.7. The molecule has 0 fully saturated rings. The number of ether oxygens (including phenoxy) is 1. The molecule has 25 heavy (non-hydrogen) atoms. The largest absolute Gasteiger partial charge is 0.481 e. The minimum Gasteiger partial charge on any atom is -0.481 e. The Morgan fingerprint density at radius 1 is 1.20 bits per heavy atom. The predicted octanol–water partition coefficient (Wildman–Crippen LogP) is 3.90. The molecule has 0 aliphatic rings. The number of rotatable bonds is 7. The number of hydrogen-bond donors (Lipinski definition) is 2. The summed E-state index contributed by atoms with van der Waals surface area (Å²) in [5.41, 5.74) is -2.57. The first-order chi connectivity index (χ1) is 11.5. The van der Waals surface area contributed by atoms with Gasteiger partial charge in [0.2, 0.25) is 0 Å². The highest BCUT2D eigenvalue weighted by atomic mass is 19.1. The van der Waals surface area contributed by atoms with E-state index in [1.165, 1.54) is 6.07 Å². The summed E-state index contributed by atoms with van der Waals surface area (Å²) in [5.74, 6) is -2.84. The van der Waals surface area contributed by atoms with Gasteiger partial charge in [-0.1, -0.05) is 19.4 Å². The van der Waals surface area contributed by atoms with Gasteiger partial charge < -0.3 is 15.2 Å². The maximum Gasteiger partial charge on any atom is 0.407 e. The third-order valence-corrected chi connectivity index (χ3v) is 3.73. The van der Waals surface area contributed by atoms with Gasteiger partial charge in [0.1, 0.15) is 17.2 Å². The van der Waals surface area contributed by atoms with Crippen molar-refractivity contribution in [2.24, 2.45) is 5.41 Å². The van der Waals surface area contributed by atoms with Crippen LogP contribution in [-0.4, -0.2) is 29.3 Å². The van der Waals surface area contributed by atoms with E-state index in [1.54, 1.807) is 27.7 Å². The van der Waals surface area contributed by atoms with E-state index < -0.39 is 34.7 Å². The van der Waals surface area contributed by atoms with Crippen molar-refractivity contribution in [1.82, 2.24) is 5.32 Å². The summed E-state index contributed by atoms with van der Waals surface area (Å²) in [5, 5.41) is 12.1. The molecule has 0 aliphatic heterocycles. The van der Waals surface area contributed by atoms with Gasteiger partial charge in [0.25, 0.3) is 0 Å². The molecule has 0 bridgehead atoms. The van der Waals surface area contributed by atoms with Gasteiger partial charge in [-0.2, -0.15) is 0 Å². The van der Waals surface area contributed by atoms with Crippen molar-refractivity contribution in [1.29, 1.82) is 0 Å². The number of alkyl carbamates (subject to hydrolysis) is 1. The average molecular weight is 357 g/mol. The first-order valence-corrected chi connectivity index (χ1v) is 8.14. The zero-order valence-corrected chi connectivity index (χ0v) is 15.0. The lowest BCUT2D eigenvalue weighted by Crippen LogP contribution is -2.46. The standard InChI is InChI=1S/C18H25F2NO4/c1-5-9-18(15(22)23,11-21-16(24)25-17(2,3)4)10-12-13(19)7-6-8-14(12)20/h6-8H,5,9-11H2,1-4H3,(H,21,24)(H,22,23). The third kappa shape index (κ3) is 5.99. The van der Waals surface area contributed by atoms with Crippen molar-refractivity contribution in [2.75, 3.05) is 6.54 Å². The van der Waals surface area contributed by atoms with Crippen LogP contribution in [-0.2, 0) is 16.0 Å². The van der Waals surface area contributed by atoms with Crippen molar-refractivity contribution in [3.63, 3.8) is 0 Å². The number of carbonyl (C=O) groups is 2. The number of aliphatic carboxylic acids is 1. The van der Waals surface area contributed by atoms with Crippen LogP contribution >= 0.6 is 0 Å². The Labute approximate surface area is 146 Å². The van der Waals surface area contributed by atoms with Crippen molar-refractivity contribution >= 4 is 12.1 Å². The molecule has 0 saturated heterocycles. The fraction of sp³-hybridized carbons (Fsp3) is 0.556. The Morgan fingerprint density at radius 3 is 2.20 bits per heavy atom. The number of carboxylic acid groups (broad SMARTS) is 1. The molecule has 0 radical (unpaired) electrons. The second-order valence-corrected chi connectivity index (χ2v) is 7.07. The Balaban J connectivity index is 3.06. The molecular weight excluding hydrogens is 332 g/mol. The van der Waals surface area contributed by atoms with E-state index in [0.717, 1.165) is 12.1 Å². The van der Waals surface area contributed by atoms with Gasteiger partial charge in [0, 0.05) is 12.1 Å². The molecule has 0 aliphatic carbocycles. The van der Waals surface area contributed by atoms with Crippen LogP contribution in [0.3, 0.4) is 0 Å². The summed E-state index contributed by atoms with van der Waals surface area (Å²) in [6.45, 7) is 6.51. The highest BCUT2D eigenvalue weighted by Gasteiger charge is 2.40. The first kappa shape index (κ1) is 20.9. The third-order valence-electron chi connectivity index (χ3n) is 3.73. The molecule has 0 spiro atoms. The lowest BCUT2D eigenvalue weighted by Gasteiger charge is -2.30. The fourth-order valence-corrected chi connectivity index (χ4v) is 2.57. The van der Waals surface area contributed by atoms with E-state index in [-0.39, 0.29) is 24.9 Å². The zero-order chi connectivity index (χ0) is 19.3. The van der Waals surface area contributed by atoms with Crippen molar-refractivity contribution in [2.45, 2.75) is 52.6 Å². The van der Waals surface area contributed by atoms with E-state index in [1.807, 2.05) is 0 Å². The number of nitrogens with one attached hydrogen (secondary N) is 1. The van der Waals surface area contributed by atoms with Gasteiger partial charge in [-0.15, -0.1) is 0 Å². The molecule has 0 saturated carbocycles. The SMILES string of the molecule is CCCC(CNC(=O)OC(C)(C)C)(Cc1c(F)cccc1F)C(=O)O. The van der Waals surface area contributed by atoms with Crippen molar-refractivity contribution in [3.05, 3.63) is 35.4 Å². The zero-order valence-electron chi connectivity index (χ0n) is 15.0. The summed E-state index contributed by atoms with van der Waals surface area (Å²) < 4.78 is 33.0. The number of amides is 1. The van der Waals surface area contributed by atoms with Crippen LogP contribution in [0.4, 0.5) is 13.6 Å². The quantitative estimate of drug-likeness (QED) is 0.776. The summed E-state index contributed by atoms with van der Waals surface area (Å²) in [6.07, 6.45) is -0.530. The maximum atomic E-state index is 14.0. The van der Waals surface area contributed by atoms with Crippen molar-refractivity contribution < 1.29 is 28.2 Å². The Bertz CT molecular complexity index is 608. The number of carboxylic acids is 1. The molecule has 1 amide bonds. The number of benzene rings is 1. The van der Waals surface area contributed by atoms with Gasteiger partial charge in [-0.25, -0.2) is 13.6 Å². The van der Waals surface area contributed by atoms with Crippen LogP contribution in [0.2, 0.25) is 0 Å². The topological polar surface area (TPSA) is 75.6 Å². The second-order valence-electron chi connectivity index (χ2n) is 7.07. The maximum absolute atomic E-state index is 14.0. The Kier molecular flexibility index (Phi) is 6.90. The number of carbonyl (C=O) groups excluding carboxylic acids is 1. The highest BCUT2D eigenvalue weighted by Crippen LogP contribution is 2.31. The van der Waals surface area contributed by atoms with Crippen LogP contribution in [0.1, 0.15) is 46.1 Å². The highest BCUT2D eigenvalue weighted by molar-refractivity contribution is 5.77. The molecule has 5 nitrogen and oxygen atoms in total. The lowest BCUT2D eigenvalue weighted by atomic mass is 9.77. The predicted molar refractivity (Wildman–Crippen MR) is 89.3 cm³/mol. The normalized spacial score (nSPS) is 13.8. The van der Waals surface area contributed by atoms with Gasteiger partial charge >= 0.3 is 12.1 Å². The summed E-state index contributed by atoms with van der Waals surface area (Å²) in [7, 11) is 0. The van der Waals surface area contributed by atoms with E-state index in [0.29, 0.717) is 6.42 Å². The van der Waals surface area contributed by atoms with E-state index >= 15 is 0 Å². The molecule has 1 aromatic rings. The Hall–Kier alpha value is -2.18. The smallest absolute Gasteiger partial charge is 0.407 e. The minimum atomic E-state index is -1.53. The molecule has 1 atom stereocenters. The van der Waals surface area contributed by atoms with E-state index in [2.05, 4.69) is 5.32 Å². The Morgan fingerprint density at radius 2 is 1.76 bits per heavy atom. The minimum absolute atomic E-state index is 0.145. The van der Waals surface area contributed by atoms with Gasteiger partial charge in [0.15, 0.2) is 0 Å². The van der Waals surface area contributed by atoms with Crippen LogP contribution in [0.5, 0.6) is 0 Å². The van der Waals surface area contributed by atoms with Crippen LogP contribution < -0.4 is 5.32 Å². The molecular formula is C18H25F2NO4. The van der Waals surface area contributed by atoms with E-state index in [9.17, 15) is 23.5 Å². The van der Waals surface area contributed by atoms with Crippen molar-refractivity contribution in [3.8, 4) is 0 Å². The molecule has 1 unspecified atom stereocenters. The van der Waals surface area contributed by atoms with Crippen LogP contribution in [0.15, 0.2) is 18.2 Å². The molecule has 2 N–H and O–H groups in total. The fourth-order valence-electron chi connectivity index (χ4n) is 2.57. The monoisotopic (exact) mass is 357 g/mol. The lowest BCUT2D eigenvalue weighted by molar-refractivity contribution is -0.149. The average Bonchev–Trinajstić information content (AvgIpc) is 2.46. The first-order valence-electron chi connectivity index (χ1n) is 8.14. The molecule has 1 aromatic carbocycles. The van der Waals surface area contributed by atoms with Gasteiger partial charge in [-0.3, -0.25) is 4.79 Å². The molecule has 1 rings (SSSR count). The van der Waals surface area contributed by atoms with Crippen LogP contribution in [0, 0.1) is 17.0 Å². The second kappa shape index (κ2) is 8.27. The number of halogens is 2.